The molecule has 0 saturated carbocycles. The first-order valence-corrected chi connectivity index (χ1v) is 4.77. The van der Waals surface area contributed by atoms with E-state index < -0.39 is 0 Å². The number of aliphatic hydroxyl groups is 1. The van der Waals surface area contributed by atoms with Crippen LogP contribution in [-0.2, 0) is 4.74 Å². The molecule has 1 heterocycles. The van der Waals surface area contributed by atoms with Crippen molar-refractivity contribution in [2.75, 3.05) is 19.8 Å². The lowest BCUT2D eigenvalue weighted by Crippen LogP contribution is -2.40. The Morgan fingerprint density at radius 2 is 2.17 bits per heavy atom. The van der Waals surface area contributed by atoms with Crippen LogP contribution in [-0.4, -0.2) is 37.0 Å². The number of nitrogens with one attached hydrogen (secondary N) is 1. The molecule has 3 heteroatoms. The lowest BCUT2D eigenvalue weighted by molar-refractivity contribution is 0.0744. The van der Waals surface area contributed by atoms with Gasteiger partial charge in [-0.2, -0.15) is 0 Å². The Morgan fingerprint density at radius 3 is 2.75 bits per heavy atom. The zero-order chi connectivity index (χ0) is 8.81. The van der Waals surface area contributed by atoms with Crippen LogP contribution in [0, 0.1) is 0 Å². The maximum atomic E-state index is 8.70. The van der Waals surface area contributed by atoms with Crippen LogP contribution in [0.1, 0.15) is 26.2 Å². The fourth-order valence-electron chi connectivity index (χ4n) is 1.54. The molecule has 1 atom stereocenters. The van der Waals surface area contributed by atoms with Crippen LogP contribution < -0.4 is 5.32 Å². The summed E-state index contributed by atoms with van der Waals surface area (Å²) in [5.41, 5.74) is 0. The molecule has 12 heavy (non-hydrogen) atoms. The second-order valence-electron chi connectivity index (χ2n) is 3.47. The number of rotatable bonds is 4. The molecule has 1 unspecified atom stereocenters. The predicted molar refractivity (Wildman–Crippen MR) is 48.1 cm³/mol. The molecule has 0 aliphatic carbocycles. The van der Waals surface area contributed by atoms with E-state index in [1.54, 1.807) is 0 Å². The lowest BCUT2D eigenvalue weighted by Gasteiger charge is -2.26. The van der Waals surface area contributed by atoms with Crippen LogP contribution in [0.2, 0.25) is 0 Å². The Labute approximate surface area is 74.1 Å². The van der Waals surface area contributed by atoms with Crippen molar-refractivity contribution < 1.29 is 9.84 Å². The highest BCUT2D eigenvalue weighted by Crippen LogP contribution is 2.07. The third-order valence-electron chi connectivity index (χ3n) is 2.30. The Hall–Kier alpha value is -0.120. The van der Waals surface area contributed by atoms with Gasteiger partial charge in [0.1, 0.15) is 0 Å². The van der Waals surface area contributed by atoms with Gasteiger partial charge in [0, 0.05) is 31.9 Å². The van der Waals surface area contributed by atoms with Gasteiger partial charge in [-0.1, -0.05) is 0 Å². The second kappa shape index (κ2) is 5.51. The van der Waals surface area contributed by atoms with E-state index in [-0.39, 0.29) is 6.61 Å². The van der Waals surface area contributed by atoms with E-state index >= 15 is 0 Å². The van der Waals surface area contributed by atoms with Crippen LogP contribution >= 0.6 is 0 Å². The van der Waals surface area contributed by atoms with Crippen molar-refractivity contribution in [1.82, 2.24) is 5.32 Å². The molecular weight excluding hydrogens is 154 g/mol. The average Bonchev–Trinajstić information content (AvgIpc) is 2.06. The monoisotopic (exact) mass is 173 g/mol. The molecule has 0 radical (unpaired) electrons. The highest BCUT2D eigenvalue weighted by atomic mass is 16.5. The molecule has 0 aromatic heterocycles. The third kappa shape index (κ3) is 3.52. The number of ether oxygens (including phenoxy) is 1. The SMILES string of the molecule is CC(CCO)NC1CCOCC1. The largest absolute Gasteiger partial charge is 0.396 e. The minimum absolute atomic E-state index is 0.275. The molecule has 1 aliphatic heterocycles. The van der Waals surface area contributed by atoms with Gasteiger partial charge in [0.2, 0.25) is 0 Å². The Kier molecular flexibility index (Phi) is 4.58. The van der Waals surface area contributed by atoms with Gasteiger partial charge in [-0.3, -0.25) is 0 Å². The van der Waals surface area contributed by atoms with E-state index in [0.29, 0.717) is 12.1 Å². The zero-order valence-corrected chi connectivity index (χ0v) is 7.75. The summed E-state index contributed by atoms with van der Waals surface area (Å²) in [6.45, 7) is 4.15. The average molecular weight is 173 g/mol. The molecular formula is C9H19NO2. The van der Waals surface area contributed by atoms with E-state index in [9.17, 15) is 0 Å². The van der Waals surface area contributed by atoms with Crippen molar-refractivity contribution in [3.8, 4) is 0 Å². The van der Waals surface area contributed by atoms with Crippen molar-refractivity contribution >= 4 is 0 Å². The van der Waals surface area contributed by atoms with Gasteiger partial charge >= 0.3 is 0 Å². The topological polar surface area (TPSA) is 41.5 Å². The van der Waals surface area contributed by atoms with E-state index in [1.807, 2.05) is 0 Å². The Morgan fingerprint density at radius 1 is 1.50 bits per heavy atom. The smallest absolute Gasteiger partial charge is 0.0480 e. The van der Waals surface area contributed by atoms with Crippen molar-refractivity contribution in [1.29, 1.82) is 0 Å². The van der Waals surface area contributed by atoms with E-state index in [4.69, 9.17) is 9.84 Å². The fourth-order valence-corrected chi connectivity index (χ4v) is 1.54. The van der Waals surface area contributed by atoms with Gasteiger partial charge in [-0.15, -0.1) is 0 Å². The van der Waals surface area contributed by atoms with Gasteiger partial charge in [0.25, 0.3) is 0 Å². The van der Waals surface area contributed by atoms with Crippen LogP contribution in [0.25, 0.3) is 0 Å². The van der Waals surface area contributed by atoms with Gasteiger partial charge < -0.3 is 15.2 Å². The molecule has 0 bridgehead atoms. The summed E-state index contributed by atoms with van der Waals surface area (Å²) in [7, 11) is 0. The first-order valence-electron chi connectivity index (χ1n) is 4.77. The molecule has 1 saturated heterocycles. The van der Waals surface area contributed by atoms with Crippen molar-refractivity contribution in [2.24, 2.45) is 0 Å². The molecule has 0 aromatic rings. The lowest BCUT2D eigenvalue weighted by atomic mass is 10.1. The number of hydrogen-bond donors (Lipinski definition) is 2. The molecule has 2 N–H and O–H groups in total. The number of hydrogen-bond acceptors (Lipinski definition) is 3. The summed E-state index contributed by atoms with van der Waals surface area (Å²) in [6.07, 6.45) is 3.06. The van der Waals surface area contributed by atoms with Crippen LogP contribution in [0.15, 0.2) is 0 Å². The van der Waals surface area contributed by atoms with Crippen molar-refractivity contribution in [3.63, 3.8) is 0 Å². The van der Waals surface area contributed by atoms with Gasteiger partial charge in [-0.25, -0.2) is 0 Å². The summed E-state index contributed by atoms with van der Waals surface area (Å²) in [5.74, 6) is 0. The molecule has 3 nitrogen and oxygen atoms in total. The molecule has 1 rings (SSSR count). The van der Waals surface area contributed by atoms with Gasteiger partial charge in [0.15, 0.2) is 0 Å². The van der Waals surface area contributed by atoms with Crippen LogP contribution in [0.3, 0.4) is 0 Å². The molecule has 0 amide bonds. The predicted octanol–water partition coefficient (Wildman–Crippen LogP) is 0.526. The first-order chi connectivity index (χ1) is 5.83. The second-order valence-corrected chi connectivity index (χ2v) is 3.47. The summed E-state index contributed by atoms with van der Waals surface area (Å²) in [4.78, 5) is 0. The van der Waals surface area contributed by atoms with Crippen LogP contribution in [0.5, 0.6) is 0 Å². The summed E-state index contributed by atoms with van der Waals surface area (Å²) in [5, 5.41) is 12.2. The Balaban J connectivity index is 2.11. The molecule has 1 fully saturated rings. The summed E-state index contributed by atoms with van der Waals surface area (Å²) < 4.78 is 5.25. The number of aliphatic hydroxyl groups excluding tert-OH is 1. The maximum absolute atomic E-state index is 8.70. The zero-order valence-electron chi connectivity index (χ0n) is 7.75. The van der Waals surface area contributed by atoms with E-state index in [2.05, 4.69) is 12.2 Å². The quantitative estimate of drug-likeness (QED) is 0.651. The third-order valence-corrected chi connectivity index (χ3v) is 2.30. The normalized spacial score (nSPS) is 22.5. The van der Waals surface area contributed by atoms with Gasteiger partial charge in [-0.05, 0) is 26.2 Å². The fraction of sp³-hybridized carbons (Fsp3) is 1.00. The standard InChI is InChI=1S/C9H19NO2/c1-8(2-5-11)10-9-3-6-12-7-4-9/h8-11H,2-7H2,1H3. The van der Waals surface area contributed by atoms with Crippen molar-refractivity contribution in [3.05, 3.63) is 0 Å². The van der Waals surface area contributed by atoms with Crippen molar-refractivity contribution in [2.45, 2.75) is 38.3 Å². The van der Waals surface area contributed by atoms with E-state index in [1.165, 1.54) is 0 Å². The minimum Gasteiger partial charge on any atom is -0.396 e. The molecule has 72 valence electrons. The molecule has 0 spiro atoms. The highest BCUT2D eigenvalue weighted by Gasteiger charge is 2.14. The molecule has 0 aromatic carbocycles. The van der Waals surface area contributed by atoms with Gasteiger partial charge in [0.05, 0.1) is 0 Å². The minimum atomic E-state index is 0.275. The van der Waals surface area contributed by atoms with E-state index in [0.717, 1.165) is 32.5 Å². The Bertz CT molecular complexity index is 113. The van der Waals surface area contributed by atoms with Crippen LogP contribution in [0.4, 0.5) is 0 Å². The summed E-state index contributed by atoms with van der Waals surface area (Å²) in [6, 6.07) is 1.03. The molecule has 1 aliphatic rings. The maximum Gasteiger partial charge on any atom is 0.0480 e. The highest BCUT2D eigenvalue weighted by molar-refractivity contribution is 4.73. The summed E-state index contributed by atoms with van der Waals surface area (Å²) >= 11 is 0. The first kappa shape index (κ1) is 9.96.